The number of nitrogens with zero attached hydrogens (tertiary/aromatic N) is 2. The lowest BCUT2D eigenvalue weighted by Crippen LogP contribution is -2.35. The second-order valence-corrected chi connectivity index (χ2v) is 6.40. The predicted octanol–water partition coefficient (Wildman–Crippen LogP) is 2.49. The molecule has 0 aliphatic carbocycles. The van der Waals surface area contributed by atoms with Crippen LogP contribution in [0.4, 0.5) is 0 Å². The molecule has 1 aromatic rings. The Hall–Kier alpha value is -1.00. The summed E-state index contributed by atoms with van der Waals surface area (Å²) in [5, 5.41) is 3.50. The zero-order valence-corrected chi connectivity index (χ0v) is 12.7. The molecular weight excluding hydrogens is 238 g/mol. The Bertz CT molecular complexity index is 422. The molecule has 0 saturated carbocycles. The van der Waals surface area contributed by atoms with Gasteiger partial charge in [0.2, 0.25) is 0 Å². The fourth-order valence-corrected chi connectivity index (χ4v) is 2.30. The average Bonchev–Trinajstić information content (AvgIpc) is 2.79. The largest absolute Gasteiger partial charge is 0.381 e. The zero-order valence-electron chi connectivity index (χ0n) is 12.7. The SMILES string of the molecule is Cc1nc(C2CCOC2)nc(C)c1CNC(C)(C)C. The highest BCUT2D eigenvalue weighted by Crippen LogP contribution is 2.24. The lowest BCUT2D eigenvalue weighted by atomic mass is 10.1. The minimum atomic E-state index is 0.108. The van der Waals surface area contributed by atoms with Crippen molar-refractivity contribution in [3.05, 3.63) is 22.8 Å². The van der Waals surface area contributed by atoms with Crippen molar-refractivity contribution in [1.29, 1.82) is 0 Å². The van der Waals surface area contributed by atoms with Crippen LogP contribution in [0.15, 0.2) is 0 Å². The molecule has 1 unspecified atom stereocenters. The number of ether oxygens (including phenoxy) is 1. The van der Waals surface area contributed by atoms with Crippen molar-refractivity contribution < 1.29 is 4.74 Å². The van der Waals surface area contributed by atoms with Gasteiger partial charge in [-0.15, -0.1) is 0 Å². The van der Waals surface area contributed by atoms with Crippen molar-refractivity contribution in [2.75, 3.05) is 13.2 Å². The van der Waals surface area contributed by atoms with E-state index in [1.54, 1.807) is 0 Å². The number of nitrogens with one attached hydrogen (secondary N) is 1. The first-order valence-electron chi connectivity index (χ1n) is 7.03. The molecule has 19 heavy (non-hydrogen) atoms. The Labute approximate surface area is 116 Å². The van der Waals surface area contributed by atoms with Gasteiger partial charge in [0.15, 0.2) is 0 Å². The van der Waals surface area contributed by atoms with Gasteiger partial charge in [0, 0.05) is 41.6 Å². The third kappa shape index (κ3) is 3.74. The van der Waals surface area contributed by atoms with E-state index in [1.807, 2.05) is 0 Å². The molecule has 1 aromatic heterocycles. The molecule has 1 aliphatic rings. The number of rotatable bonds is 3. The fraction of sp³-hybridized carbons (Fsp3) is 0.733. The molecule has 1 N–H and O–H groups in total. The van der Waals surface area contributed by atoms with Gasteiger partial charge < -0.3 is 10.1 Å². The van der Waals surface area contributed by atoms with E-state index in [2.05, 4.69) is 49.9 Å². The lowest BCUT2D eigenvalue weighted by Gasteiger charge is -2.22. The van der Waals surface area contributed by atoms with Crippen molar-refractivity contribution in [2.24, 2.45) is 0 Å². The lowest BCUT2D eigenvalue weighted by molar-refractivity contribution is 0.193. The van der Waals surface area contributed by atoms with Gasteiger partial charge in [0.25, 0.3) is 0 Å². The molecule has 0 aromatic carbocycles. The van der Waals surface area contributed by atoms with Gasteiger partial charge in [-0.3, -0.25) is 0 Å². The third-order valence-corrected chi connectivity index (χ3v) is 3.53. The maximum atomic E-state index is 5.42. The number of hydrogen-bond donors (Lipinski definition) is 1. The molecule has 0 spiro atoms. The summed E-state index contributed by atoms with van der Waals surface area (Å²) in [5.74, 6) is 1.33. The molecule has 0 bridgehead atoms. The van der Waals surface area contributed by atoms with E-state index in [4.69, 9.17) is 4.74 Å². The number of hydrogen-bond acceptors (Lipinski definition) is 4. The van der Waals surface area contributed by atoms with Crippen LogP contribution in [0.2, 0.25) is 0 Å². The zero-order chi connectivity index (χ0) is 14.0. The summed E-state index contributed by atoms with van der Waals surface area (Å²) < 4.78 is 5.42. The first kappa shape index (κ1) is 14.4. The number of aryl methyl sites for hydroxylation is 2. The van der Waals surface area contributed by atoms with E-state index < -0.39 is 0 Å². The maximum absolute atomic E-state index is 5.42. The normalized spacial score (nSPS) is 19.9. The minimum absolute atomic E-state index is 0.108. The van der Waals surface area contributed by atoms with Gasteiger partial charge in [-0.2, -0.15) is 0 Å². The van der Waals surface area contributed by atoms with Crippen LogP contribution in [0, 0.1) is 13.8 Å². The van der Waals surface area contributed by atoms with Crippen LogP contribution < -0.4 is 5.32 Å². The van der Waals surface area contributed by atoms with E-state index in [9.17, 15) is 0 Å². The summed E-state index contributed by atoms with van der Waals surface area (Å²) in [5.41, 5.74) is 3.51. The summed E-state index contributed by atoms with van der Waals surface area (Å²) in [6.45, 7) is 13.1. The van der Waals surface area contributed by atoms with Gasteiger partial charge in [-0.05, 0) is 41.0 Å². The van der Waals surface area contributed by atoms with Crippen LogP contribution in [0.3, 0.4) is 0 Å². The summed E-state index contributed by atoms with van der Waals surface area (Å²) in [4.78, 5) is 9.37. The van der Waals surface area contributed by atoms with E-state index in [0.29, 0.717) is 5.92 Å². The Morgan fingerprint density at radius 1 is 1.21 bits per heavy atom. The van der Waals surface area contributed by atoms with Crippen LogP contribution in [0.1, 0.15) is 55.9 Å². The summed E-state index contributed by atoms with van der Waals surface area (Å²) in [7, 11) is 0. The monoisotopic (exact) mass is 263 g/mol. The van der Waals surface area contributed by atoms with Gasteiger partial charge in [-0.25, -0.2) is 9.97 Å². The second-order valence-electron chi connectivity index (χ2n) is 6.40. The first-order valence-corrected chi connectivity index (χ1v) is 7.03. The number of aromatic nitrogens is 2. The fourth-order valence-electron chi connectivity index (χ4n) is 2.30. The maximum Gasteiger partial charge on any atom is 0.134 e. The van der Waals surface area contributed by atoms with Crippen LogP contribution in [0.25, 0.3) is 0 Å². The van der Waals surface area contributed by atoms with E-state index in [1.165, 1.54) is 5.56 Å². The molecule has 1 saturated heterocycles. The molecule has 1 aliphatic heterocycles. The molecular formula is C15H25N3O. The highest BCUT2D eigenvalue weighted by Gasteiger charge is 2.22. The highest BCUT2D eigenvalue weighted by atomic mass is 16.5. The molecule has 4 heteroatoms. The molecule has 2 heterocycles. The van der Waals surface area contributed by atoms with Crippen LogP contribution in [-0.2, 0) is 11.3 Å². The van der Waals surface area contributed by atoms with Crippen LogP contribution >= 0.6 is 0 Å². The quantitative estimate of drug-likeness (QED) is 0.910. The Balaban J connectivity index is 2.17. The predicted molar refractivity (Wildman–Crippen MR) is 76.3 cm³/mol. The molecule has 4 nitrogen and oxygen atoms in total. The third-order valence-electron chi connectivity index (χ3n) is 3.53. The van der Waals surface area contributed by atoms with E-state index in [-0.39, 0.29) is 5.54 Å². The minimum Gasteiger partial charge on any atom is -0.381 e. The van der Waals surface area contributed by atoms with Gasteiger partial charge >= 0.3 is 0 Å². The van der Waals surface area contributed by atoms with Crippen LogP contribution in [-0.4, -0.2) is 28.7 Å². The van der Waals surface area contributed by atoms with Crippen molar-refractivity contribution in [2.45, 2.75) is 59.0 Å². The Morgan fingerprint density at radius 3 is 2.32 bits per heavy atom. The van der Waals surface area contributed by atoms with Crippen molar-refractivity contribution in [3.63, 3.8) is 0 Å². The van der Waals surface area contributed by atoms with Crippen LogP contribution in [0.5, 0.6) is 0 Å². The van der Waals surface area contributed by atoms with Crippen molar-refractivity contribution in [1.82, 2.24) is 15.3 Å². The topological polar surface area (TPSA) is 47.0 Å². The van der Waals surface area contributed by atoms with Gasteiger partial charge in [0.1, 0.15) is 5.82 Å². The van der Waals surface area contributed by atoms with E-state index in [0.717, 1.165) is 43.4 Å². The standard InChI is InChI=1S/C15H25N3O/c1-10-13(8-16-15(3,4)5)11(2)18-14(17-10)12-6-7-19-9-12/h12,16H,6-9H2,1-5H3. The smallest absolute Gasteiger partial charge is 0.134 e. The highest BCUT2D eigenvalue weighted by molar-refractivity contribution is 5.25. The average molecular weight is 263 g/mol. The van der Waals surface area contributed by atoms with Crippen molar-refractivity contribution >= 4 is 0 Å². The molecule has 0 radical (unpaired) electrons. The summed E-state index contributed by atoms with van der Waals surface area (Å²) in [6, 6.07) is 0. The molecule has 1 fully saturated rings. The second kappa shape index (κ2) is 5.55. The Morgan fingerprint density at radius 2 is 1.84 bits per heavy atom. The molecule has 2 rings (SSSR count). The summed E-state index contributed by atoms with van der Waals surface area (Å²) in [6.07, 6.45) is 1.04. The van der Waals surface area contributed by atoms with Gasteiger partial charge in [0.05, 0.1) is 6.61 Å². The molecule has 0 amide bonds. The first-order chi connectivity index (χ1) is 8.87. The Kier molecular flexibility index (Phi) is 4.21. The molecule has 106 valence electrons. The van der Waals surface area contributed by atoms with Gasteiger partial charge in [-0.1, -0.05) is 0 Å². The van der Waals surface area contributed by atoms with E-state index >= 15 is 0 Å². The van der Waals surface area contributed by atoms with Crippen molar-refractivity contribution in [3.8, 4) is 0 Å². The summed E-state index contributed by atoms with van der Waals surface area (Å²) >= 11 is 0. The molecule has 1 atom stereocenters.